The normalized spacial score (nSPS) is 11.7. The molecule has 1 atom stereocenters. The van der Waals surface area contributed by atoms with Crippen molar-refractivity contribution in [1.29, 1.82) is 0 Å². The number of nitrogens with one attached hydrogen (secondary N) is 1. The van der Waals surface area contributed by atoms with Gasteiger partial charge in [-0.1, -0.05) is 31.2 Å². The molecule has 0 radical (unpaired) electrons. The Morgan fingerprint density at radius 1 is 1.13 bits per heavy atom. The van der Waals surface area contributed by atoms with Crippen LogP contribution in [0.25, 0.3) is 0 Å². The van der Waals surface area contributed by atoms with Gasteiger partial charge in [0.2, 0.25) is 0 Å². The van der Waals surface area contributed by atoms with Gasteiger partial charge in [0, 0.05) is 0 Å². The number of carbonyl (C=O) groups is 1. The van der Waals surface area contributed by atoms with Gasteiger partial charge < -0.3 is 14.8 Å². The smallest absolute Gasteiger partial charge is 0.265 e. The van der Waals surface area contributed by atoms with Crippen molar-refractivity contribution in [2.24, 2.45) is 0 Å². The van der Waals surface area contributed by atoms with Crippen LogP contribution < -0.4 is 14.8 Å². The fraction of sp³-hybridized carbons (Fsp3) is 0.316. The molecular formula is C19H23NO3. The van der Waals surface area contributed by atoms with E-state index >= 15 is 0 Å². The van der Waals surface area contributed by atoms with Crippen LogP contribution in [0.3, 0.4) is 0 Å². The third-order valence-corrected chi connectivity index (χ3v) is 3.64. The molecule has 0 fully saturated rings. The van der Waals surface area contributed by atoms with Crippen LogP contribution in [0, 0.1) is 13.8 Å². The molecule has 2 rings (SSSR count). The predicted molar refractivity (Wildman–Crippen MR) is 92.2 cm³/mol. The largest absolute Gasteiger partial charge is 0.495 e. The van der Waals surface area contributed by atoms with Gasteiger partial charge in [0.1, 0.15) is 11.5 Å². The summed E-state index contributed by atoms with van der Waals surface area (Å²) in [5.41, 5.74) is 2.76. The number of hydrogen-bond donors (Lipinski definition) is 1. The fourth-order valence-corrected chi connectivity index (χ4v) is 2.27. The summed E-state index contributed by atoms with van der Waals surface area (Å²) in [4.78, 5) is 12.5. The lowest BCUT2D eigenvalue weighted by Crippen LogP contribution is -2.32. The summed E-state index contributed by atoms with van der Waals surface area (Å²) < 4.78 is 11.2. The van der Waals surface area contributed by atoms with Crippen molar-refractivity contribution in [1.82, 2.24) is 0 Å². The summed E-state index contributed by atoms with van der Waals surface area (Å²) in [6.07, 6.45) is 0.0226. The Balaban J connectivity index is 2.14. The van der Waals surface area contributed by atoms with Gasteiger partial charge in [0.15, 0.2) is 6.10 Å². The van der Waals surface area contributed by atoms with Gasteiger partial charge >= 0.3 is 0 Å². The van der Waals surface area contributed by atoms with Crippen molar-refractivity contribution >= 4 is 11.6 Å². The second-order valence-electron chi connectivity index (χ2n) is 5.47. The van der Waals surface area contributed by atoms with Crippen LogP contribution in [-0.2, 0) is 4.79 Å². The van der Waals surface area contributed by atoms with Crippen LogP contribution in [0.2, 0.25) is 0 Å². The van der Waals surface area contributed by atoms with E-state index in [4.69, 9.17) is 9.47 Å². The minimum atomic E-state index is -0.555. The van der Waals surface area contributed by atoms with Crippen molar-refractivity contribution in [3.05, 3.63) is 53.6 Å². The number of benzene rings is 2. The minimum Gasteiger partial charge on any atom is -0.495 e. The second-order valence-corrected chi connectivity index (χ2v) is 5.47. The SMILES string of the molecule is CC[C@H](Oc1cc(C)ccc1C)C(=O)Nc1ccccc1OC. The van der Waals surface area contributed by atoms with E-state index in [1.165, 1.54) is 0 Å². The Morgan fingerprint density at radius 2 is 1.87 bits per heavy atom. The maximum atomic E-state index is 12.5. The predicted octanol–water partition coefficient (Wildman–Crippen LogP) is 4.11. The second kappa shape index (κ2) is 7.68. The van der Waals surface area contributed by atoms with Crippen molar-refractivity contribution < 1.29 is 14.3 Å². The quantitative estimate of drug-likeness (QED) is 0.873. The third kappa shape index (κ3) is 4.25. The lowest BCUT2D eigenvalue weighted by atomic mass is 10.1. The number of carbonyl (C=O) groups excluding carboxylic acids is 1. The highest BCUT2D eigenvalue weighted by atomic mass is 16.5. The van der Waals surface area contributed by atoms with Crippen molar-refractivity contribution in [3.63, 3.8) is 0 Å². The average molecular weight is 313 g/mol. The van der Waals surface area contributed by atoms with Crippen LogP contribution in [-0.4, -0.2) is 19.1 Å². The number of rotatable bonds is 6. The molecule has 2 aromatic carbocycles. The Hall–Kier alpha value is -2.49. The number of methoxy groups -OCH3 is 1. The number of anilines is 1. The molecule has 122 valence electrons. The van der Waals surface area contributed by atoms with E-state index in [1.807, 2.05) is 57.2 Å². The maximum Gasteiger partial charge on any atom is 0.265 e. The molecule has 0 aliphatic carbocycles. The molecule has 2 aromatic rings. The monoisotopic (exact) mass is 313 g/mol. The molecule has 0 saturated carbocycles. The summed E-state index contributed by atoms with van der Waals surface area (Å²) in [5, 5.41) is 2.88. The average Bonchev–Trinajstić information content (AvgIpc) is 2.56. The number of hydrogen-bond acceptors (Lipinski definition) is 3. The van der Waals surface area contributed by atoms with E-state index in [0.717, 1.165) is 16.9 Å². The van der Waals surface area contributed by atoms with E-state index in [-0.39, 0.29) is 5.91 Å². The molecule has 0 heterocycles. The van der Waals surface area contributed by atoms with E-state index in [1.54, 1.807) is 13.2 Å². The van der Waals surface area contributed by atoms with Gasteiger partial charge in [0.25, 0.3) is 5.91 Å². The van der Waals surface area contributed by atoms with Crippen LogP contribution in [0.1, 0.15) is 24.5 Å². The van der Waals surface area contributed by atoms with Gasteiger partial charge in [-0.25, -0.2) is 0 Å². The molecule has 0 unspecified atom stereocenters. The first-order valence-corrected chi connectivity index (χ1v) is 7.73. The zero-order valence-electron chi connectivity index (χ0n) is 14.1. The molecule has 0 aromatic heterocycles. The first kappa shape index (κ1) is 16.9. The first-order valence-electron chi connectivity index (χ1n) is 7.73. The molecule has 4 nitrogen and oxygen atoms in total. The molecule has 0 aliphatic heterocycles. The molecule has 0 bridgehead atoms. The summed E-state index contributed by atoms with van der Waals surface area (Å²) in [7, 11) is 1.58. The molecule has 1 amide bonds. The molecule has 23 heavy (non-hydrogen) atoms. The van der Waals surface area contributed by atoms with Crippen molar-refractivity contribution in [3.8, 4) is 11.5 Å². The highest BCUT2D eigenvalue weighted by Crippen LogP contribution is 2.25. The van der Waals surface area contributed by atoms with E-state index < -0.39 is 6.10 Å². The van der Waals surface area contributed by atoms with Crippen LogP contribution in [0.15, 0.2) is 42.5 Å². The zero-order chi connectivity index (χ0) is 16.8. The molecule has 0 aliphatic rings. The maximum absolute atomic E-state index is 12.5. The number of para-hydroxylation sites is 2. The molecule has 1 N–H and O–H groups in total. The lowest BCUT2D eigenvalue weighted by Gasteiger charge is -2.19. The van der Waals surface area contributed by atoms with E-state index in [2.05, 4.69) is 5.32 Å². The molecule has 4 heteroatoms. The summed E-state index contributed by atoms with van der Waals surface area (Å²) >= 11 is 0. The first-order chi connectivity index (χ1) is 11.0. The van der Waals surface area contributed by atoms with Crippen LogP contribution >= 0.6 is 0 Å². The Morgan fingerprint density at radius 3 is 2.57 bits per heavy atom. The van der Waals surface area contributed by atoms with Gasteiger partial charge in [-0.3, -0.25) is 4.79 Å². The topological polar surface area (TPSA) is 47.6 Å². The van der Waals surface area contributed by atoms with Crippen LogP contribution in [0.5, 0.6) is 11.5 Å². The summed E-state index contributed by atoms with van der Waals surface area (Å²) in [5.74, 6) is 1.19. The zero-order valence-corrected chi connectivity index (χ0v) is 14.1. The third-order valence-electron chi connectivity index (χ3n) is 3.64. The number of aryl methyl sites for hydroxylation is 2. The van der Waals surface area contributed by atoms with Crippen LogP contribution in [0.4, 0.5) is 5.69 Å². The van der Waals surface area contributed by atoms with Gasteiger partial charge in [-0.2, -0.15) is 0 Å². The van der Waals surface area contributed by atoms with Gasteiger partial charge in [-0.15, -0.1) is 0 Å². The highest BCUT2D eigenvalue weighted by molar-refractivity contribution is 5.95. The van der Waals surface area contributed by atoms with Crippen molar-refractivity contribution in [2.75, 3.05) is 12.4 Å². The Labute approximate surface area is 137 Å². The van der Waals surface area contributed by atoms with E-state index in [9.17, 15) is 4.79 Å². The van der Waals surface area contributed by atoms with Gasteiger partial charge in [-0.05, 0) is 49.6 Å². The molecule has 0 saturated heterocycles. The fourth-order valence-electron chi connectivity index (χ4n) is 2.27. The number of ether oxygens (including phenoxy) is 2. The summed E-state index contributed by atoms with van der Waals surface area (Å²) in [6, 6.07) is 13.3. The summed E-state index contributed by atoms with van der Waals surface area (Å²) in [6.45, 7) is 5.90. The van der Waals surface area contributed by atoms with Gasteiger partial charge in [0.05, 0.1) is 12.8 Å². The standard InChI is InChI=1S/C19H23NO3/c1-5-16(23-18-12-13(2)10-11-14(18)3)19(21)20-15-8-6-7-9-17(15)22-4/h6-12,16H,5H2,1-4H3,(H,20,21)/t16-/m0/s1. The Bertz CT molecular complexity index is 682. The Kier molecular flexibility index (Phi) is 5.63. The minimum absolute atomic E-state index is 0.182. The molecular weight excluding hydrogens is 290 g/mol. The molecule has 0 spiro atoms. The van der Waals surface area contributed by atoms with Crippen molar-refractivity contribution in [2.45, 2.75) is 33.3 Å². The lowest BCUT2D eigenvalue weighted by molar-refractivity contribution is -0.122. The highest BCUT2D eigenvalue weighted by Gasteiger charge is 2.20. The van der Waals surface area contributed by atoms with E-state index in [0.29, 0.717) is 17.9 Å². The number of amides is 1.